The van der Waals surface area contributed by atoms with Crippen LogP contribution in [-0.2, 0) is 14.8 Å². The summed E-state index contributed by atoms with van der Waals surface area (Å²) >= 11 is 3.01. The van der Waals surface area contributed by atoms with Gasteiger partial charge in [-0.15, -0.1) is 0 Å². The highest BCUT2D eigenvalue weighted by Crippen LogP contribution is 2.30. The summed E-state index contributed by atoms with van der Waals surface area (Å²) in [5.41, 5.74) is -0.445. The zero-order valence-corrected chi connectivity index (χ0v) is 12.1. The third-order valence-electron chi connectivity index (χ3n) is 2.68. The van der Waals surface area contributed by atoms with Crippen molar-refractivity contribution in [2.24, 2.45) is 11.1 Å². The highest BCUT2D eigenvalue weighted by Gasteiger charge is 2.26. The normalized spacial score (nSPS) is 15.3. The molecule has 0 atom stereocenters. The van der Waals surface area contributed by atoms with Crippen molar-refractivity contribution >= 4 is 31.9 Å². The van der Waals surface area contributed by atoms with E-state index in [0.29, 0.717) is 5.92 Å². The molecule has 2 rings (SSSR count). The van der Waals surface area contributed by atoms with E-state index >= 15 is 0 Å². The van der Waals surface area contributed by atoms with Gasteiger partial charge in [0, 0.05) is 4.47 Å². The van der Waals surface area contributed by atoms with E-state index in [1.54, 1.807) is 0 Å². The molecule has 0 saturated heterocycles. The van der Waals surface area contributed by atoms with E-state index in [0.717, 1.165) is 18.9 Å². The molecular formula is C11H11BrFNO4S. The van der Waals surface area contributed by atoms with Crippen molar-refractivity contribution in [2.45, 2.75) is 17.7 Å². The fourth-order valence-corrected chi connectivity index (χ4v) is 2.74. The highest BCUT2D eigenvalue weighted by molar-refractivity contribution is 9.10. The largest absolute Gasteiger partial charge is 0.462 e. The number of primary sulfonamides is 1. The molecule has 5 nitrogen and oxygen atoms in total. The maximum absolute atomic E-state index is 14.0. The molecular weight excluding hydrogens is 341 g/mol. The Balaban J connectivity index is 2.33. The number of hydrogen-bond donors (Lipinski definition) is 1. The van der Waals surface area contributed by atoms with E-state index in [-0.39, 0.29) is 11.1 Å². The lowest BCUT2D eigenvalue weighted by molar-refractivity contribution is 0.0480. The van der Waals surface area contributed by atoms with Gasteiger partial charge in [0.05, 0.1) is 12.2 Å². The first-order chi connectivity index (χ1) is 8.79. The lowest BCUT2D eigenvalue weighted by Crippen LogP contribution is -2.17. The fraction of sp³-hybridized carbons (Fsp3) is 0.364. The minimum atomic E-state index is -4.24. The van der Waals surface area contributed by atoms with Crippen LogP contribution >= 0.6 is 15.9 Å². The van der Waals surface area contributed by atoms with E-state index in [4.69, 9.17) is 9.88 Å². The van der Waals surface area contributed by atoms with Gasteiger partial charge in [-0.05, 0) is 30.9 Å². The minimum Gasteiger partial charge on any atom is -0.462 e. The second-order valence-electron chi connectivity index (χ2n) is 4.35. The number of halogens is 2. The predicted molar refractivity (Wildman–Crippen MR) is 68.5 cm³/mol. The van der Waals surface area contributed by atoms with Crippen LogP contribution in [0.2, 0.25) is 0 Å². The minimum absolute atomic E-state index is 0.218. The Hall–Kier alpha value is -0.990. The van der Waals surface area contributed by atoms with Crippen LogP contribution in [0.3, 0.4) is 0 Å². The van der Waals surface area contributed by atoms with Crippen LogP contribution in [0, 0.1) is 11.7 Å². The predicted octanol–water partition coefficient (Wildman–Crippen LogP) is 1.80. The number of rotatable bonds is 4. The Morgan fingerprint density at radius 2 is 2.11 bits per heavy atom. The number of nitrogens with two attached hydrogens (primary N) is 1. The first kappa shape index (κ1) is 14.4. The van der Waals surface area contributed by atoms with Gasteiger partial charge in [-0.25, -0.2) is 22.7 Å². The van der Waals surface area contributed by atoms with E-state index in [1.165, 1.54) is 6.07 Å². The van der Waals surface area contributed by atoms with E-state index in [9.17, 15) is 17.6 Å². The summed E-state index contributed by atoms with van der Waals surface area (Å²) in [7, 11) is -4.24. The zero-order valence-electron chi connectivity index (χ0n) is 9.73. The molecule has 1 aliphatic rings. The van der Waals surface area contributed by atoms with E-state index in [1.807, 2.05) is 0 Å². The van der Waals surface area contributed by atoms with Gasteiger partial charge in [0.25, 0.3) is 0 Å². The van der Waals surface area contributed by atoms with Crippen LogP contribution in [-0.4, -0.2) is 21.0 Å². The van der Waals surface area contributed by atoms with Crippen LogP contribution in [0.4, 0.5) is 4.39 Å². The van der Waals surface area contributed by atoms with Crippen molar-refractivity contribution in [1.29, 1.82) is 0 Å². The quantitative estimate of drug-likeness (QED) is 0.838. The Morgan fingerprint density at radius 3 is 2.63 bits per heavy atom. The Morgan fingerprint density at radius 1 is 1.47 bits per heavy atom. The van der Waals surface area contributed by atoms with Gasteiger partial charge in [-0.2, -0.15) is 0 Å². The topological polar surface area (TPSA) is 86.5 Å². The van der Waals surface area contributed by atoms with Crippen molar-refractivity contribution in [3.63, 3.8) is 0 Å². The van der Waals surface area contributed by atoms with Crippen LogP contribution in [0.1, 0.15) is 23.2 Å². The fourth-order valence-electron chi connectivity index (χ4n) is 1.48. The molecule has 0 radical (unpaired) electrons. The van der Waals surface area contributed by atoms with Crippen molar-refractivity contribution in [3.8, 4) is 0 Å². The number of carbonyl (C=O) groups is 1. The Labute approximate surface area is 118 Å². The molecule has 1 saturated carbocycles. The zero-order chi connectivity index (χ0) is 14.2. The first-order valence-electron chi connectivity index (χ1n) is 5.48. The average Bonchev–Trinajstić information content (AvgIpc) is 3.11. The molecule has 8 heteroatoms. The molecule has 0 aromatic heterocycles. The molecule has 0 spiro atoms. The molecule has 1 aromatic rings. The smallest absolute Gasteiger partial charge is 0.341 e. The van der Waals surface area contributed by atoms with Gasteiger partial charge in [-0.1, -0.05) is 15.9 Å². The van der Waals surface area contributed by atoms with Crippen molar-refractivity contribution < 1.29 is 22.3 Å². The lowest BCUT2D eigenvalue weighted by Gasteiger charge is -2.08. The monoisotopic (exact) mass is 351 g/mol. The summed E-state index contributed by atoms with van der Waals surface area (Å²) in [5, 5.41) is 4.89. The van der Waals surface area contributed by atoms with Crippen LogP contribution in [0.5, 0.6) is 0 Å². The van der Waals surface area contributed by atoms with Crippen molar-refractivity contribution in [1.82, 2.24) is 0 Å². The molecule has 0 amide bonds. The summed E-state index contributed by atoms with van der Waals surface area (Å²) < 4.78 is 41.6. The molecule has 0 heterocycles. The summed E-state index contributed by atoms with van der Waals surface area (Å²) in [6.45, 7) is 0.218. The number of benzene rings is 1. The second kappa shape index (κ2) is 5.18. The van der Waals surface area contributed by atoms with Gasteiger partial charge >= 0.3 is 5.97 Å². The molecule has 1 fully saturated rings. The van der Waals surface area contributed by atoms with Gasteiger partial charge in [-0.3, -0.25) is 0 Å². The van der Waals surface area contributed by atoms with Crippen molar-refractivity contribution in [3.05, 3.63) is 28.0 Å². The van der Waals surface area contributed by atoms with Gasteiger partial charge in [0.1, 0.15) is 4.90 Å². The third-order valence-corrected chi connectivity index (χ3v) is 4.05. The molecule has 0 bridgehead atoms. The van der Waals surface area contributed by atoms with Gasteiger partial charge in [0.15, 0.2) is 5.82 Å². The van der Waals surface area contributed by atoms with Gasteiger partial charge in [0.2, 0.25) is 10.0 Å². The van der Waals surface area contributed by atoms with Crippen LogP contribution < -0.4 is 5.14 Å². The summed E-state index contributed by atoms with van der Waals surface area (Å²) in [4.78, 5) is 11.0. The molecule has 19 heavy (non-hydrogen) atoms. The first-order valence-corrected chi connectivity index (χ1v) is 7.82. The van der Waals surface area contributed by atoms with Crippen LogP contribution in [0.25, 0.3) is 0 Å². The average molecular weight is 352 g/mol. The van der Waals surface area contributed by atoms with Gasteiger partial charge < -0.3 is 4.74 Å². The standard InChI is InChI=1S/C11H11BrFNO4S/c12-7-3-8(11(15)18-5-6-1-2-6)10(13)9(4-7)19(14,16)17/h3-4,6H,1-2,5H2,(H2,14,16,17). The summed E-state index contributed by atoms with van der Waals surface area (Å²) in [6, 6.07) is 2.17. The molecule has 0 aliphatic heterocycles. The summed E-state index contributed by atoms with van der Waals surface area (Å²) in [6.07, 6.45) is 1.97. The molecule has 0 unspecified atom stereocenters. The molecule has 2 N–H and O–H groups in total. The lowest BCUT2D eigenvalue weighted by atomic mass is 10.2. The molecule has 1 aromatic carbocycles. The maximum atomic E-state index is 14.0. The number of sulfonamides is 1. The second-order valence-corrected chi connectivity index (χ2v) is 6.80. The highest BCUT2D eigenvalue weighted by atomic mass is 79.9. The number of carbonyl (C=O) groups excluding carboxylic acids is 1. The Bertz CT molecular complexity index is 628. The van der Waals surface area contributed by atoms with E-state index in [2.05, 4.69) is 15.9 Å². The Kier molecular flexibility index (Phi) is 3.93. The van der Waals surface area contributed by atoms with Crippen molar-refractivity contribution in [2.75, 3.05) is 6.61 Å². The molecule has 104 valence electrons. The number of ether oxygens (including phenoxy) is 1. The SMILES string of the molecule is NS(=O)(=O)c1cc(Br)cc(C(=O)OCC2CC2)c1F. The van der Waals surface area contributed by atoms with Crippen LogP contribution in [0.15, 0.2) is 21.5 Å². The number of esters is 1. The number of hydrogen-bond acceptors (Lipinski definition) is 4. The summed E-state index contributed by atoms with van der Waals surface area (Å²) in [5.74, 6) is -1.75. The van der Waals surface area contributed by atoms with E-state index < -0.39 is 32.3 Å². The third kappa shape index (κ3) is 3.52. The maximum Gasteiger partial charge on any atom is 0.341 e. The molecule has 1 aliphatic carbocycles.